The van der Waals surface area contributed by atoms with Crippen molar-refractivity contribution in [3.8, 4) is 5.75 Å². The molecular weight excluding hydrogens is 334 g/mol. The van der Waals surface area contributed by atoms with Gasteiger partial charge in [0.15, 0.2) is 0 Å². The van der Waals surface area contributed by atoms with Crippen LogP contribution in [0.3, 0.4) is 0 Å². The summed E-state index contributed by atoms with van der Waals surface area (Å²) in [6, 6.07) is 4.48. The molecular formula is C13H14ClNO6S. The van der Waals surface area contributed by atoms with Gasteiger partial charge in [-0.05, 0) is 12.1 Å². The second-order valence-corrected chi connectivity index (χ2v) is 7.59. The molecule has 1 heterocycles. The van der Waals surface area contributed by atoms with Crippen LogP contribution in [0.2, 0.25) is 0 Å². The van der Waals surface area contributed by atoms with Crippen molar-refractivity contribution >= 4 is 37.3 Å². The van der Waals surface area contributed by atoms with Crippen LogP contribution in [0.4, 0.5) is 5.69 Å². The van der Waals surface area contributed by atoms with E-state index >= 15 is 0 Å². The van der Waals surface area contributed by atoms with E-state index in [4.69, 9.17) is 15.4 Å². The number of carbonyl (C=O) groups is 2. The number of amides is 1. The van der Waals surface area contributed by atoms with E-state index in [1.807, 2.05) is 0 Å². The molecule has 0 N–H and O–H groups in total. The Balaban J connectivity index is 2.47. The van der Waals surface area contributed by atoms with Crippen molar-refractivity contribution in [3.63, 3.8) is 0 Å². The number of esters is 1. The lowest BCUT2D eigenvalue weighted by atomic mass is 10.1. The minimum absolute atomic E-state index is 0.123. The largest absolute Gasteiger partial charge is 0.497 e. The zero-order valence-corrected chi connectivity index (χ0v) is 13.5. The van der Waals surface area contributed by atoms with Crippen LogP contribution in [-0.2, 0) is 18.6 Å². The highest BCUT2D eigenvalue weighted by Gasteiger charge is 2.39. The number of methoxy groups -OCH3 is 2. The number of halogens is 1. The Labute approximate surface area is 132 Å². The van der Waals surface area contributed by atoms with Crippen LogP contribution >= 0.6 is 10.7 Å². The number of anilines is 1. The third kappa shape index (κ3) is 3.17. The van der Waals surface area contributed by atoms with Crippen molar-refractivity contribution < 1.29 is 27.5 Å². The summed E-state index contributed by atoms with van der Waals surface area (Å²) in [4.78, 5) is 25.1. The molecule has 1 fully saturated rings. The van der Waals surface area contributed by atoms with Crippen molar-refractivity contribution in [1.82, 2.24) is 0 Å². The Morgan fingerprint density at radius 3 is 2.55 bits per heavy atom. The lowest BCUT2D eigenvalue weighted by molar-refractivity contribution is -0.117. The molecule has 1 unspecified atom stereocenters. The Hall–Kier alpha value is -1.80. The van der Waals surface area contributed by atoms with Gasteiger partial charge in [-0.15, -0.1) is 0 Å². The van der Waals surface area contributed by atoms with Gasteiger partial charge in [0, 0.05) is 29.7 Å². The molecule has 0 radical (unpaired) electrons. The molecule has 9 heteroatoms. The number of hydrogen-bond acceptors (Lipinski definition) is 6. The smallest absolute Gasteiger partial charge is 0.339 e. The van der Waals surface area contributed by atoms with Crippen molar-refractivity contribution in [2.24, 2.45) is 0 Å². The minimum Gasteiger partial charge on any atom is -0.497 e. The molecule has 0 bridgehead atoms. The SMILES string of the molecule is COC(=O)c1ccc(OC)cc1N1CC(S(=O)(=O)Cl)CC1=O. The molecule has 22 heavy (non-hydrogen) atoms. The van der Waals surface area contributed by atoms with Crippen LogP contribution in [-0.4, -0.2) is 46.3 Å². The first-order valence-electron chi connectivity index (χ1n) is 6.28. The lowest BCUT2D eigenvalue weighted by Gasteiger charge is -2.20. The summed E-state index contributed by atoms with van der Waals surface area (Å²) >= 11 is 0. The van der Waals surface area contributed by atoms with Gasteiger partial charge in [0.1, 0.15) is 11.0 Å². The summed E-state index contributed by atoms with van der Waals surface area (Å²) < 4.78 is 32.6. The highest BCUT2D eigenvalue weighted by Crippen LogP contribution is 2.32. The second-order valence-electron chi connectivity index (χ2n) is 4.68. The molecule has 1 aliphatic rings. The number of nitrogens with zero attached hydrogens (tertiary/aromatic N) is 1. The number of ether oxygens (including phenoxy) is 2. The van der Waals surface area contributed by atoms with E-state index in [0.717, 1.165) is 0 Å². The number of hydrogen-bond donors (Lipinski definition) is 0. The Morgan fingerprint density at radius 2 is 2.05 bits per heavy atom. The van der Waals surface area contributed by atoms with E-state index in [9.17, 15) is 18.0 Å². The highest BCUT2D eigenvalue weighted by molar-refractivity contribution is 8.14. The quantitative estimate of drug-likeness (QED) is 0.599. The van der Waals surface area contributed by atoms with E-state index in [0.29, 0.717) is 5.75 Å². The van der Waals surface area contributed by atoms with Gasteiger partial charge in [0.2, 0.25) is 15.0 Å². The number of carbonyl (C=O) groups excluding carboxylic acids is 2. The van der Waals surface area contributed by atoms with Gasteiger partial charge in [0.05, 0.1) is 25.5 Å². The second kappa shape index (κ2) is 6.13. The van der Waals surface area contributed by atoms with Crippen LogP contribution < -0.4 is 9.64 Å². The molecule has 1 saturated heterocycles. The van der Waals surface area contributed by atoms with Crippen molar-refractivity contribution in [3.05, 3.63) is 23.8 Å². The monoisotopic (exact) mass is 347 g/mol. The zero-order valence-electron chi connectivity index (χ0n) is 11.9. The standard InChI is InChI=1S/C13H14ClNO6S/c1-20-8-3-4-10(13(17)21-2)11(5-8)15-7-9(6-12(15)16)22(14,18)19/h3-5,9H,6-7H2,1-2H3. The van der Waals surface area contributed by atoms with E-state index in [1.54, 1.807) is 6.07 Å². The van der Waals surface area contributed by atoms with Gasteiger partial charge >= 0.3 is 5.97 Å². The van der Waals surface area contributed by atoms with E-state index < -0.39 is 26.2 Å². The van der Waals surface area contributed by atoms with Gasteiger partial charge in [-0.25, -0.2) is 13.2 Å². The van der Waals surface area contributed by atoms with Crippen LogP contribution in [0.15, 0.2) is 18.2 Å². The third-order valence-electron chi connectivity index (χ3n) is 3.39. The van der Waals surface area contributed by atoms with Crippen LogP contribution in [0.25, 0.3) is 0 Å². The van der Waals surface area contributed by atoms with E-state index in [1.165, 1.54) is 31.3 Å². The molecule has 1 aliphatic heterocycles. The molecule has 7 nitrogen and oxygen atoms in total. The summed E-state index contributed by atoms with van der Waals surface area (Å²) in [6.45, 7) is -0.123. The van der Waals surface area contributed by atoms with E-state index in [-0.39, 0.29) is 24.2 Å². The predicted molar refractivity (Wildman–Crippen MR) is 79.9 cm³/mol. The maximum Gasteiger partial charge on any atom is 0.339 e. The fourth-order valence-electron chi connectivity index (χ4n) is 2.24. The first-order chi connectivity index (χ1) is 10.3. The first kappa shape index (κ1) is 16.6. The van der Waals surface area contributed by atoms with Crippen LogP contribution in [0.1, 0.15) is 16.8 Å². The normalized spacial score (nSPS) is 18.4. The van der Waals surface area contributed by atoms with Crippen molar-refractivity contribution in [2.75, 3.05) is 25.7 Å². The fraction of sp³-hybridized carbons (Fsp3) is 0.385. The topological polar surface area (TPSA) is 90.0 Å². The molecule has 1 atom stereocenters. The number of rotatable bonds is 4. The molecule has 2 rings (SSSR count). The summed E-state index contributed by atoms with van der Waals surface area (Å²) in [5.74, 6) is -0.650. The fourth-order valence-corrected chi connectivity index (χ4v) is 3.27. The Morgan fingerprint density at radius 1 is 1.36 bits per heavy atom. The summed E-state index contributed by atoms with van der Waals surface area (Å²) in [5, 5.41) is -1.02. The maximum atomic E-state index is 12.1. The van der Waals surface area contributed by atoms with Gasteiger partial charge in [-0.3, -0.25) is 4.79 Å². The van der Waals surface area contributed by atoms with Crippen LogP contribution in [0, 0.1) is 0 Å². The lowest BCUT2D eigenvalue weighted by Crippen LogP contribution is -2.28. The molecule has 0 spiro atoms. The molecule has 1 aromatic rings. The van der Waals surface area contributed by atoms with Gasteiger partial charge in [-0.1, -0.05) is 0 Å². The van der Waals surface area contributed by atoms with Gasteiger partial charge < -0.3 is 14.4 Å². The summed E-state index contributed by atoms with van der Waals surface area (Å²) in [7, 11) is 4.11. The predicted octanol–water partition coefficient (Wildman–Crippen LogP) is 1.16. The molecule has 0 saturated carbocycles. The zero-order chi connectivity index (χ0) is 16.5. The van der Waals surface area contributed by atoms with Crippen molar-refractivity contribution in [1.29, 1.82) is 0 Å². The summed E-state index contributed by atoms with van der Waals surface area (Å²) in [5.41, 5.74) is 0.378. The van der Waals surface area contributed by atoms with Gasteiger partial charge in [-0.2, -0.15) is 0 Å². The van der Waals surface area contributed by atoms with E-state index in [2.05, 4.69) is 4.74 Å². The van der Waals surface area contributed by atoms with Gasteiger partial charge in [0.25, 0.3) is 0 Å². The highest BCUT2D eigenvalue weighted by atomic mass is 35.7. The average molecular weight is 348 g/mol. The van der Waals surface area contributed by atoms with Crippen molar-refractivity contribution in [2.45, 2.75) is 11.7 Å². The number of benzene rings is 1. The molecule has 1 aromatic carbocycles. The summed E-state index contributed by atoms with van der Waals surface area (Å²) in [6.07, 6.45) is -0.232. The Kier molecular flexibility index (Phi) is 4.62. The third-order valence-corrected chi connectivity index (χ3v) is 5.26. The maximum absolute atomic E-state index is 12.1. The average Bonchev–Trinajstić information content (AvgIpc) is 2.87. The molecule has 0 aliphatic carbocycles. The minimum atomic E-state index is -3.87. The van der Waals surface area contributed by atoms with Crippen LogP contribution in [0.5, 0.6) is 5.75 Å². The first-order valence-corrected chi connectivity index (χ1v) is 8.65. The molecule has 1 amide bonds. The molecule has 120 valence electrons. The molecule has 0 aromatic heterocycles. The Bertz CT molecular complexity index is 717.